The molecule has 4 nitrogen and oxygen atoms in total. The van der Waals surface area contributed by atoms with E-state index < -0.39 is 11.0 Å². The predicted octanol–water partition coefficient (Wildman–Crippen LogP) is 5.51. The van der Waals surface area contributed by atoms with Crippen molar-refractivity contribution in [3.63, 3.8) is 0 Å². The summed E-state index contributed by atoms with van der Waals surface area (Å²) in [4.78, 5) is 21.1. The quantitative estimate of drug-likeness (QED) is 0.686. The molecule has 0 spiro atoms. The molecule has 1 aromatic heterocycles. The maximum atomic E-state index is 13.0. The van der Waals surface area contributed by atoms with Crippen LogP contribution in [0.2, 0.25) is 10.1 Å². The molecule has 27 heavy (non-hydrogen) atoms. The lowest BCUT2D eigenvalue weighted by Crippen LogP contribution is -2.28. The number of hydrogen-bond donors (Lipinski definition) is 1. The molecule has 144 valence electrons. The molecule has 1 N–H and O–H groups in total. The number of carbonyl (C=O) groups is 1. The van der Waals surface area contributed by atoms with E-state index in [0.29, 0.717) is 20.3 Å². The summed E-state index contributed by atoms with van der Waals surface area (Å²) in [7, 11) is 0.369. The average Bonchev–Trinajstić information content (AvgIpc) is 3.09. The molecule has 1 heterocycles. The molecule has 2 aromatic rings. The van der Waals surface area contributed by atoms with Crippen molar-refractivity contribution in [3.05, 3.63) is 52.1 Å². The number of nitrogens with one attached hydrogen (secondary N) is 1. The zero-order valence-corrected chi connectivity index (χ0v) is 18.8. The van der Waals surface area contributed by atoms with Gasteiger partial charge in [0.1, 0.15) is 5.82 Å². The highest BCUT2D eigenvalue weighted by molar-refractivity contribution is 6.35. The van der Waals surface area contributed by atoms with Crippen LogP contribution in [0.4, 0.5) is 0 Å². The van der Waals surface area contributed by atoms with Crippen LogP contribution in [0.1, 0.15) is 81.8 Å². The maximum Gasteiger partial charge on any atom is 0.237 e. The first-order valence-electron chi connectivity index (χ1n) is 9.18. The second-order valence-corrected chi connectivity index (χ2v) is 11.6. The van der Waals surface area contributed by atoms with Crippen molar-refractivity contribution >= 4 is 27.1 Å². The molecule has 0 saturated carbocycles. The summed E-state index contributed by atoms with van der Waals surface area (Å²) < 4.78 is 6.19. The summed E-state index contributed by atoms with van der Waals surface area (Å²) in [6.07, 6.45) is 1.82. The van der Waals surface area contributed by atoms with Crippen LogP contribution in [-0.2, 0) is 10.0 Å². The van der Waals surface area contributed by atoms with E-state index in [9.17, 15) is 4.79 Å². The zero-order chi connectivity index (χ0) is 20.2. The minimum absolute atomic E-state index is 0.0655. The third kappa shape index (κ3) is 3.65. The normalized spacial score (nSPS) is 19.4. The molecule has 1 aromatic carbocycles. The fraction of sp³-hybridized carbons (Fsp3) is 0.524. The summed E-state index contributed by atoms with van der Waals surface area (Å²) in [6, 6.07) is 5.64. The second-order valence-electron chi connectivity index (χ2n) is 9.33. The van der Waals surface area contributed by atoms with Gasteiger partial charge in [0.25, 0.3) is 0 Å². The van der Waals surface area contributed by atoms with E-state index in [-0.39, 0.29) is 16.7 Å². The number of Topliss-reactive ketones (excluding diaryl/α,β-unsaturated/α-hetero) is 1. The van der Waals surface area contributed by atoms with E-state index in [1.54, 1.807) is 6.07 Å². The van der Waals surface area contributed by atoms with Gasteiger partial charge in [0.05, 0.1) is 28.4 Å². The topological polar surface area (TPSA) is 55.0 Å². The molecule has 1 unspecified atom stereocenters. The fourth-order valence-corrected chi connectivity index (χ4v) is 4.42. The summed E-state index contributed by atoms with van der Waals surface area (Å²) in [5.41, 5.74) is 1.38. The van der Waals surface area contributed by atoms with Gasteiger partial charge in [-0.15, -0.1) is 0 Å². The van der Waals surface area contributed by atoms with Crippen LogP contribution in [0.5, 0.6) is 0 Å². The van der Waals surface area contributed by atoms with Crippen LogP contribution in [-0.4, -0.2) is 25.5 Å². The molecular formula is C21H27ClN2O2Si. The van der Waals surface area contributed by atoms with Crippen LogP contribution in [0.25, 0.3) is 0 Å². The largest absolute Gasteiger partial charge is 0.406 e. The summed E-state index contributed by atoms with van der Waals surface area (Å²) in [5.74, 6) is 0.684. The lowest BCUT2D eigenvalue weighted by Gasteiger charge is -2.28. The standard InChI is InChI=1S/C21H27ClN2O2Si/c1-19(2,3)27-26-21(6,7)14-11-23-18(24-14)16-12-9-8-10-13(22)15(12)17(25)20(16,4)5/h8-11,16H,1-7H3,(H,23,24). The number of rotatable bonds is 4. The summed E-state index contributed by atoms with van der Waals surface area (Å²) in [6.45, 7) is 14.5. The van der Waals surface area contributed by atoms with Gasteiger partial charge in [-0.3, -0.25) is 4.79 Å². The number of aromatic amines is 1. The van der Waals surface area contributed by atoms with E-state index in [1.807, 2.05) is 46.0 Å². The van der Waals surface area contributed by atoms with Crippen LogP contribution < -0.4 is 0 Å². The molecule has 0 amide bonds. The SMILES string of the molecule is CC(C)(C)[Si]OC(C)(C)c1cnc(C2c3cccc(Cl)c3C(=O)C2(C)C)[nH]1. The molecule has 1 aliphatic rings. The molecule has 6 heteroatoms. The van der Waals surface area contributed by atoms with Crippen LogP contribution >= 0.6 is 11.6 Å². The van der Waals surface area contributed by atoms with Crippen molar-refractivity contribution in [3.8, 4) is 0 Å². The highest BCUT2D eigenvalue weighted by atomic mass is 35.5. The highest BCUT2D eigenvalue weighted by Crippen LogP contribution is 2.51. The van der Waals surface area contributed by atoms with Gasteiger partial charge in [-0.1, -0.05) is 58.4 Å². The smallest absolute Gasteiger partial charge is 0.237 e. The van der Waals surface area contributed by atoms with Crippen LogP contribution in [0.15, 0.2) is 24.4 Å². The lowest BCUT2D eigenvalue weighted by atomic mass is 9.78. The molecule has 1 atom stereocenters. The van der Waals surface area contributed by atoms with Crippen LogP contribution in [0, 0.1) is 5.41 Å². The molecule has 0 aliphatic heterocycles. The van der Waals surface area contributed by atoms with E-state index in [2.05, 4.69) is 30.7 Å². The van der Waals surface area contributed by atoms with Crippen molar-refractivity contribution in [2.24, 2.45) is 5.41 Å². The molecule has 0 fully saturated rings. The van der Waals surface area contributed by atoms with Crippen LogP contribution in [0.3, 0.4) is 0 Å². The molecule has 0 saturated heterocycles. The summed E-state index contributed by atoms with van der Waals surface area (Å²) in [5, 5.41) is 0.616. The Bertz CT molecular complexity index is 881. The monoisotopic (exact) mass is 402 g/mol. The second kappa shape index (κ2) is 6.57. The number of imidazole rings is 1. The van der Waals surface area contributed by atoms with Crippen molar-refractivity contribution < 1.29 is 9.22 Å². The first-order chi connectivity index (χ1) is 12.3. The lowest BCUT2D eigenvalue weighted by molar-refractivity contribution is 0.0844. The Labute approximate surface area is 169 Å². The number of aromatic nitrogens is 2. The van der Waals surface area contributed by atoms with Gasteiger partial charge in [-0.05, 0) is 30.5 Å². The van der Waals surface area contributed by atoms with E-state index in [1.165, 1.54) is 0 Å². The minimum Gasteiger partial charge on any atom is -0.406 e. The van der Waals surface area contributed by atoms with Gasteiger partial charge in [0.2, 0.25) is 9.76 Å². The van der Waals surface area contributed by atoms with Gasteiger partial charge in [-0.2, -0.15) is 0 Å². The van der Waals surface area contributed by atoms with E-state index in [4.69, 9.17) is 16.0 Å². The number of halogens is 1. The number of carbonyl (C=O) groups excluding carboxylic acids is 1. The number of ketones is 1. The van der Waals surface area contributed by atoms with Crippen molar-refractivity contribution in [1.82, 2.24) is 9.97 Å². The Balaban J connectivity index is 1.97. The van der Waals surface area contributed by atoms with Crippen molar-refractivity contribution in [2.75, 3.05) is 0 Å². The van der Waals surface area contributed by atoms with Gasteiger partial charge in [0, 0.05) is 11.0 Å². The molecule has 3 rings (SSSR count). The van der Waals surface area contributed by atoms with Gasteiger partial charge in [0.15, 0.2) is 5.78 Å². The van der Waals surface area contributed by atoms with Gasteiger partial charge >= 0.3 is 0 Å². The molecular weight excluding hydrogens is 376 g/mol. The Morgan fingerprint density at radius 3 is 2.52 bits per heavy atom. The number of fused-ring (bicyclic) bond motifs is 1. The predicted molar refractivity (Wildman–Crippen MR) is 110 cm³/mol. The first-order valence-corrected chi connectivity index (χ1v) is 10.5. The number of nitrogens with zero attached hydrogens (tertiary/aromatic N) is 1. The Kier molecular flexibility index (Phi) is 4.94. The molecule has 0 bridgehead atoms. The third-order valence-electron chi connectivity index (χ3n) is 5.02. The maximum absolute atomic E-state index is 13.0. The highest BCUT2D eigenvalue weighted by Gasteiger charge is 2.49. The van der Waals surface area contributed by atoms with E-state index in [0.717, 1.165) is 17.1 Å². The molecule has 2 radical (unpaired) electrons. The average molecular weight is 403 g/mol. The van der Waals surface area contributed by atoms with Gasteiger partial charge < -0.3 is 9.41 Å². The number of H-pyrrole nitrogens is 1. The minimum atomic E-state index is -0.611. The Hall–Kier alpha value is -1.43. The number of hydrogen-bond acceptors (Lipinski definition) is 3. The Morgan fingerprint density at radius 1 is 1.22 bits per heavy atom. The number of benzene rings is 1. The summed E-state index contributed by atoms with van der Waals surface area (Å²) >= 11 is 6.34. The molecule has 1 aliphatic carbocycles. The van der Waals surface area contributed by atoms with Crippen molar-refractivity contribution in [2.45, 2.75) is 65.0 Å². The zero-order valence-electron chi connectivity index (χ0n) is 17.0. The van der Waals surface area contributed by atoms with Crippen molar-refractivity contribution in [1.29, 1.82) is 0 Å². The van der Waals surface area contributed by atoms with E-state index >= 15 is 0 Å². The third-order valence-corrected chi connectivity index (χ3v) is 6.56. The fourth-order valence-electron chi connectivity index (χ4n) is 3.48. The Morgan fingerprint density at radius 2 is 1.89 bits per heavy atom. The van der Waals surface area contributed by atoms with Gasteiger partial charge in [-0.25, -0.2) is 4.98 Å². The first kappa shape index (κ1) is 20.3.